The van der Waals surface area contributed by atoms with Crippen LogP contribution in [0.3, 0.4) is 0 Å². The Morgan fingerprint density at radius 2 is 1.44 bits per heavy atom. The average molecular weight is 984 g/mol. The molecule has 0 unspecified atom stereocenters. The van der Waals surface area contributed by atoms with Gasteiger partial charge in [0.15, 0.2) is 0 Å². The van der Waals surface area contributed by atoms with Crippen LogP contribution in [0.25, 0.3) is 83.6 Å². The molecule has 6 heteroatoms. The second-order valence-corrected chi connectivity index (χ2v) is 24.9. The van der Waals surface area contributed by atoms with Crippen LogP contribution < -0.4 is 4.40 Å². The summed E-state index contributed by atoms with van der Waals surface area (Å²) in [5.74, 6) is 7.37. The van der Waals surface area contributed by atoms with Crippen molar-refractivity contribution in [1.82, 2.24) is 14.5 Å². The van der Waals surface area contributed by atoms with E-state index in [1.54, 1.807) is 30.3 Å². The van der Waals surface area contributed by atoms with Crippen LogP contribution >= 0.6 is 0 Å². The molecule has 4 nitrogen and oxygen atoms in total. The largest absolute Gasteiger partial charge is 0 e. The fourth-order valence-electron chi connectivity index (χ4n) is 6.72. The van der Waals surface area contributed by atoms with Crippen LogP contribution in [-0.4, -0.2) is 27.8 Å². The van der Waals surface area contributed by atoms with Crippen LogP contribution in [0.2, 0.25) is 17.3 Å². The fraction of sp³-hybridized carbons (Fsp3) is 0.0588. The first-order valence-corrected chi connectivity index (χ1v) is 25.5. The zero-order chi connectivity index (χ0) is 45.9. The summed E-state index contributed by atoms with van der Waals surface area (Å²) >= 11 is -1.72. The molecule has 0 fully saturated rings. The number of furan rings is 1. The molecule has 0 aliphatic heterocycles. The Hall–Kier alpha value is -5.85. The molecular weight excluding hydrogens is 935 g/mol. The first-order valence-electron chi connectivity index (χ1n) is 22.7. The molecule has 0 bridgehead atoms. The number of fused-ring (bicyclic) bond motifs is 4. The summed E-state index contributed by atoms with van der Waals surface area (Å²) in [5, 5.41) is 1.64. The zero-order valence-corrected chi connectivity index (χ0v) is 35.7. The molecule has 0 aliphatic rings. The molecule has 0 saturated carbocycles. The van der Waals surface area contributed by atoms with Gasteiger partial charge in [0.05, 0.1) is 34.8 Å². The molecule has 0 amide bonds. The Morgan fingerprint density at radius 1 is 0.667 bits per heavy atom. The fourth-order valence-corrected chi connectivity index (χ4v) is 8.89. The minimum atomic E-state index is -1.72. The van der Waals surface area contributed by atoms with Crippen molar-refractivity contribution in [2.45, 2.75) is 17.3 Å². The van der Waals surface area contributed by atoms with E-state index in [4.69, 9.17) is 21.7 Å². The zero-order valence-electron chi connectivity index (χ0n) is 40.2. The summed E-state index contributed by atoms with van der Waals surface area (Å²) in [6, 6.07) is 40.0. The van der Waals surface area contributed by atoms with Crippen LogP contribution in [0, 0.1) is 12.1 Å². The Morgan fingerprint density at radius 3 is 2.21 bits per heavy atom. The molecule has 57 heavy (non-hydrogen) atoms. The second-order valence-electron chi connectivity index (χ2n) is 14.2. The van der Waals surface area contributed by atoms with Gasteiger partial charge in [-0.05, 0) is 40.9 Å². The molecular formula is C51H39GeIrN3O-2. The Balaban J connectivity index is 0.000000295. The van der Waals surface area contributed by atoms with E-state index in [1.165, 1.54) is 8.96 Å². The van der Waals surface area contributed by atoms with Gasteiger partial charge in [0.1, 0.15) is 5.58 Å². The first-order chi connectivity index (χ1) is 31.1. The minimum Gasteiger partial charge on any atom is 0 e. The monoisotopic (exact) mass is 985 g/mol. The predicted octanol–water partition coefficient (Wildman–Crippen LogP) is 12.8. The van der Waals surface area contributed by atoms with Gasteiger partial charge >= 0.3 is 99.8 Å². The molecule has 0 spiro atoms. The summed E-state index contributed by atoms with van der Waals surface area (Å²) < 4.78 is 87.1. The van der Waals surface area contributed by atoms with Gasteiger partial charge in [-0.2, -0.15) is 0 Å². The van der Waals surface area contributed by atoms with E-state index in [2.05, 4.69) is 46.5 Å². The van der Waals surface area contributed by atoms with Crippen LogP contribution in [0.5, 0.6) is 0 Å². The molecule has 10 rings (SSSR count). The van der Waals surface area contributed by atoms with Crippen molar-refractivity contribution in [2.75, 3.05) is 0 Å². The number of nitrogens with zero attached hydrogens (tertiary/aromatic N) is 3. The van der Waals surface area contributed by atoms with Gasteiger partial charge in [-0.15, -0.1) is 18.2 Å². The summed E-state index contributed by atoms with van der Waals surface area (Å²) in [4.78, 5) is 9.45. The van der Waals surface area contributed by atoms with Crippen LogP contribution in [0.1, 0.15) is 12.3 Å². The molecule has 1 radical (unpaired) electrons. The van der Waals surface area contributed by atoms with E-state index in [0.717, 1.165) is 33.2 Å². The van der Waals surface area contributed by atoms with Gasteiger partial charge in [-0.25, -0.2) is 0 Å². The average Bonchev–Trinajstić information content (AvgIpc) is 3.90. The third kappa shape index (κ3) is 7.67. The molecule has 0 N–H and O–H groups in total. The van der Waals surface area contributed by atoms with Gasteiger partial charge in [-0.3, -0.25) is 4.98 Å². The Kier molecular flexibility index (Phi) is 8.17. The van der Waals surface area contributed by atoms with Gasteiger partial charge in [0.2, 0.25) is 0 Å². The maximum Gasteiger partial charge on any atom is 0 e. The number of hydrogen-bond acceptors (Lipinski definition) is 3. The maximum atomic E-state index is 9.15. The molecule has 10 aromatic rings. The van der Waals surface area contributed by atoms with Crippen molar-refractivity contribution >= 4 is 50.6 Å². The van der Waals surface area contributed by atoms with E-state index < -0.39 is 67.6 Å². The third-order valence-corrected chi connectivity index (χ3v) is 13.8. The Bertz CT molecular complexity index is 3440. The molecule has 3 aromatic heterocycles. The van der Waals surface area contributed by atoms with E-state index >= 15 is 0 Å². The smallest absolute Gasteiger partial charge is 0 e. The van der Waals surface area contributed by atoms with Crippen molar-refractivity contribution in [2.24, 2.45) is 0 Å². The van der Waals surface area contributed by atoms with Crippen molar-refractivity contribution in [1.29, 1.82) is 0 Å². The van der Waals surface area contributed by atoms with Crippen molar-refractivity contribution in [3.63, 3.8) is 0 Å². The summed E-state index contributed by atoms with van der Waals surface area (Å²) in [5.41, 5.74) is 5.77. The number of imidazole rings is 1. The SMILES string of the molecule is [2H]c1c([2H])c([2H])c(-c2c([2H])c([2H])c([2H])c([2H])c2-n2c(-c3[c-]ccc4c3oc3cc(-c5ccccc5)ccc34)nc3ccccc32)c([2H])c1[2H].[CH3][Ge]([CH3])([CH3])[c]1ccc(-c2[c-]cccc2)nc1.[Ir]. The van der Waals surface area contributed by atoms with Crippen molar-refractivity contribution < 1.29 is 36.9 Å². The predicted molar refractivity (Wildman–Crippen MR) is 235 cm³/mol. The van der Waals surface area contributed by atoms with Gasteiger partial charge < -0.3 is 8.98 Å². The van der Waals surface area contributed by atoms with Crippen LogP contribution in [0.15, 0.2) is 186 Å². The van der Waals surface area contributed by atoms with Crippen LogP contribution in [0.4, 0.5) is 0 Å². The summed E-state index contributed by atoms with van der Waals surface area (Å²) in [6.07, 6.45) is 2.04. The molecule has 0 atom stereocenters. The Labute approximate surface area is 362 Å². The quantitative estimate of drug-likeness (QED) is 0.123. The van der Waals surface area contributed by atoms with Gasteiger partial charge in [0.25, 0.3) is 0 Å². The molecule has 0 saturated heterocycles. The van der Waals surface area contributed by atoms with E-state index in [9.17, 15) is 0 Å². The summed E-state index contributed by atoms with van der Waals surface area (Å²) in [7, 11) is 0. The van der Waals surface area contributed by atoms with Crippen LogP contribution in [-0.2, 0) is 20.1 Å². The van der Waals surface area contributed by atoms with Crippen molar-refractivity contribution in [3.8, 4) is 50.6 Å². The molecule has 7 aromatic carbocycles. The topological polar surface area (TPSA) is 43.9 Å². The molecule has 279 valence electrons. The van der Waals surface area contributed by atoms with Gasteiger partial charge in [0, 0.05) is 36.7 Å². The number of rotatable bonds is 6. The number of aromatic nitrogens is 3. The van der Waals surface area contributed by atoms with Crippen molar-refractivity contribution in [3.05, 3.63) is 194 Å². The van der Waals surface area contributed by atoms with Gasteiger partial charge in [-0.1, -0.05) is 114 Å². The number of hydrogen-bond donors (Lipinski definition) is 0. The molecule has 0 aliphatic carbocycles. The van der Waals surface area contributed by atoms with E-state index in [0.29, 0.717) is 27.8 Å². The number of para-hydroxylation sites is 3. The number of benzene rings is 7. The summed E-state index contributed by atoms with van der Waals surface area (Å²) in [6.45, 7) is 0. The molecule has 3 heterocycles. The third-order valence-electron chi connectivity index (χ3n) is 9.58. The second kappa shape index (κ2) is 16.3. The number of pyridine rings is 1. The van der Waals surface area contributed by atoms with E-state index in [1.807, 2.05) is 85.1 Å². The van der Waals surface area contributed by atoms with E-state index in [-0.39, 0.29) is 42.7 Å². The minimum absolute atomic E-state index is 0. The first kappa shape index (κ1) is 28.5. The standard InChI is InChI=1S/C37H23N2O.C14H16GeN.Ir/c1-3-12-25(13-4-1)27-22-23-29-30-17-11-18-31(36(30)40-35(29)24-27)37-38-32-19-8-10-21-34(32)39(37)33-20-9-7-16-28(33)26-14-5-2-6-15-26;1-15(2,3)13-9-10-14(16-11-13)12-7-5-4-6-8-12;/h1-17,19-24H;4-7,9-11H,1-3H3;/q2*-1;/i2D,5D,6D,7D,9D,14D,15D,16D,20D;;. The normalized spacial score (nSPS) is 13.5. The maximum absolute atomic E-state index is 9.15.